The molecule has 5 nitrogen and oxygen atoms in total. The van der Waals surface area contributed by atoms with Gasteiger partial charge in [0.2, 0.25) is 5.91 Å². The first-order valence-electron chi connectivity index (χ1n) is 7.25. The van der Waals surface area contributed by atoms with Gasteiger partial charge in [0.05, 0.1) is 0 Å². The van der Waals surface area contributed by atoms with Crippen molar-refractivity contribution in [1.29, 1.82) is 0 Å². The normalized spacial score (nSPS) is 19.3. The fourth-order valence-electron chi connectivity index (χ4n) is 3.11. The summed E-state index contributed by atoms with van der Waals surface area (Å²) < 4.78 is 0.858. The third kappa shape index (κ3) is 1.94. The molecule has 2 aromatic rings. The number of carbonyl (C=O) groups excluding carboxylic acids is 2. The van der Waals surface area contributed by atoms with Crippen molar-refractivity contribution in [2.75, 3.05) is 13.1 Å². The van der Waals surface area contributed by atoms with Crippen molar-refractivity contribution in [2.24, 2.45) is 0 Å². The van der Waals surface area contributed by atoms with E-state index in [9.17, 15) is 9.59 Å². The molecule has 1 saturated carbocycles. The maximum atomic E-state index is 12.9. The number of benzene rings is 1. The minimum absolute atomic E-state index is 0.0155. The number of amides is 2. The highest BCUT2D eigenvalue weighted by Crippen LogP contribution is 2.44. The predicted molar refractivity (Wildman–Crippen MR) is 85.5 cm³/mol. The van der Waals surface area contributed by atoms with E-state index in [2.05, 4.69) is 26.2 Å². The van der Waals surface area contributed by atoms with Gasteiger partial charge in [0.1, 0.15) is 5.54 Å². The fraction of sp³-hybridized carbons (Fsp3) is 0.312. The molecular weight excluding hydrogens is 346 g/mol. The summed E-state index contributed by atoms with van der Waals surface area (Å²) in [5.41, 5.74) is 0.0140. The molecule has 1 aliphatic carbocycles. The van der Waals surface area contributed by atoms with Gasteiger partial charge in [-0.2, -0.15) is 0 Å². The lowest BCUT2D eigenvalue weighted by Crippen LogP contribution is -2.59. The molecule has 2 amide bonds. The molecule has 1 spiro atoms. The molecular formula is C16H14BrN3O2. The summed E-state index contributed by atoms with van der Waals surface area (Å²) >= 11 is 3.47. The number of carbonyl (C=O) groups is 2. The van der Waals surface area contributed by atoms with E-state index in [-0.39, 0.29) is 11.8 Å². The van der Waals surface area contributed by atoms with Gasteiger partial charge in [-0.3, -0.25) is 14.6 Å². The molecule has 6 heteroatoms. The molecule has 0 radical (unpaired) electrons. The van der Waals surface area contributed by atoms with Crippen LogP contribution in [0.3, 0.4) is 0 Å². The van der Waals surface area contributed by atoms with E-state index >= 15 is 0 Å². The number of fused-ring (bicyclic) bond motifs is 1. The highest BCUT2D eigenvalue weighted by molar-refractivity contribution is 9.10. The summed E-state index contributed by atoms with van der Waals surface area (Å²) in [4.78, 5) is 30.8. The number of aromatic nitrogens is 1. The zero-order valence-electron chi connectivity index (χ0n) is 11.8. The molecule has 2 fully saturated rings. The van der Waals surface area contributed by atoms with Crippen LogP contribution in [0.2, 0.25) is 0 Å². The van der Waals surface area contributed by atoms with Gasteiger partial charge >= 0.3 is 0 Å². The molecule has 112 valence electrons. The lowest BCUT2D eigenvalue weighted by molar-refractivity contribution is -0.129. The van der Waals surface area contributed by atoms with E-state index in [0.717, 1.165) is 28.1 Å². The maximum Gasteiger partial charge on any atom is 0.254 e. The van der Waals surface area contributed by atoms with E-state index in [1.807, 2.05) is 12.1 Å². The minimum Gasteiger partial charge on any atom is -0.352 e. The first-order chi connectivity index (χ1) is 10.6. The van der Waals surface area contributed by atoms with E-state index in [0.29, 0.717) is 18.7 Å². The quantitative estimate of drug-likeness (QED) is 0.847. The van der Waals surface area contributed by atoms with Crippen LogP contribution >= 0.6 is 15.9 Å². The predicted octanol–water partition coefficient (Wildman–Crippen LogP) is 2.10. The van der Waals surface area contributed by atoms with Crippen molar-refractivity contribution in [2.45, 2.75) is 18.4 Å². The van der Waals surface area contributed by atoms with Crippen molar-refractivity contribution in [3.8, 4) is 0 Å². The van der Waals surface area contributed by atoms with Crippen LogP contribution in [-0.4, -0.2) is 40.3 Å². The smallest absolute Gasteiger partial charge is 0.254 e. The molecule has 1 saturated heterocycles. The van der Waals surface area contributed by atoms with Gasteiger partial charge < -0.3 is 10.2 Å². The largest absolute Gasteiger partial charge is 0.352 e. The number of nitrogens with one attached hydrogen (secondary N) is 1. The average molecular weight is 360 g/mol. The van der Waals surface area contributed by atoms with Crippen LogP contribution in [0.4, 0.5) is 0 Å². The molecule has 2 heterocycles. The Kier molecular flexibility index (Phi) is 2.97. The maximum absolute atomic E-state index is 12.9. The van der Waals surface area contributed by atoms with Crippen molar-refractivity contribution < 1.29 is 9.59 Å². The Morgan fingerprint density at radius 2 is 2.14 bits per heavy atom. The lowest BCUT2D eigenvalue weighted by Gasteiger charge is -2.35. The highest BCUT2D eigenvalue weighted by Gasteiger charge is 2.57. The number of piperazine rings is 1. The van der Waals surface area contributed by atoms with Crippen LogP contribution in [0.25, 0.3) is 10.8 Å². The van der Waals surface area contributed by atoms with Crippen LogP contribution in [0.15, 0.2) is 35.1 Å². The first kappa shape index (κ1) is 13.7. The van der Waals surface area contributed by atoms with Crippen LogP contribution in [-0.2, 0) is 4.79 Å². The van der Waals surface area contributed by atoms with E-state index < -0.39 is 5.54 Å². The molecule has 0 atom stereocenters. The molecule has 1 aromatic heterocycles. The topological polar surface area (TPSA) is 62.3 Å². The van der Waals surface area contributed by atoms with Gasteiger partial charge in [0.25, 0.3) is 5.91 Å². The SMILES string of the molecule is O=C(c1ccc2cncc(Br)c2c1)N1CCNC(=O)C12CC2. The van der Waals surface area contributed by atoms with Gasteiger partial charge in [-0.1, -0.05) is 6.07 Å². The molecule has 2 aliphatic rings. The van der Waals surface area contributed by atoms with Crippen molar-refractivity contribution in [3.05, 3.63) is 40.6 Å². The molecule has 0 unspecified atom stereocenters. The molecule has 1 aromatic carbocycles. The van der Waals surface area contributed by atoms with E-state index in [4.69, 9.17) is 0 Å². The number of nitrogens with zero attached hydrogens (tertiary/aromatic N) is 2. The van der Waals surface area contributed by atoms with Gasteiger partial charge in [-0.05, 0) is 46.3 Å². The second kappa shape index (κ2) is 4.78. The number of halogens is 1. The zero-order chi connectivity index (χ0) is 15.3. The first-order valence-corrected chi connectivity index (χ1v) is 8.05. The fourth-order valence-corrected chi connectivity index (χ4v) is 3.57. The Balaban J connectivity index is 1.74. The molecule has 22 heavy (non-hydrogen) atoms. The van der Waals surface area contributed by atoms with Gasteiger partial charge in [-0.25, -0.2) is 0 Å². The summed E-state index contributed by atoms with van der Waals surface area (Å²) in [6, 6.07) is 5.57. The van der Waals surface area contributed by atoms with Crippen molar-refractivity contribution in [3.63, 3.8) is 0 Å². The molecule has 0 bridgehead atoms. The molecule has 1 aliphatic heterocycles. The Bertz CT molecular complexity index is 801. The van der Waals surface area contributed by atoms with E-state index in [1.54, 1.807) is 23.4 Å². The number of hydrogen-bond donors (Lipinski definition) is 1. The third-order valence-corrected chi connectivity index (χ3v) is 5.12. The second-order valence-corrected chi connectivity index (χ2v) is 6.66. The van der Waals surface area contributed by atoms with Crippen LogP contribution < -0.4 is 5.32 Å². The highest BCUT2D eigenvalue weighted by atomic mass is 79.9. The Morgan fingerprint density at radius 3 is 2.91 bits per heavy atom. The van der Waals surface area contributed by atoms with Gasteiger partial charge in [0.15, 0.2) is 0 Å². The summed E-state index contributed by atoms with van der Waals surface area (Å²) in [6.45, 7) is 1.09. The Hall–Kier alpha value is -1.95. The number of pyridine rings is 1. The van der Waals surface area contributed by atoms with Crippen LogP contribution in [0.1, 0.15) is 23.2 Å². The van der Waals surface area contributed by atoms with Crippen molar-refractivity contribution >= 4 is 38.5 Å². The van der Waals surface area contributed by atoms with Crippen molar-refractivity contribution in [1.82, 2.24) is 15.2 Å². The molecule has 1 N–H and O–H groups in total. The summed E-state index contributed by atoms with van der Waals surface area (Å²) in [7, 11) is 0. The second-order valence-electron chi connectivity index (χ2n) is 5.80. The number of rotatable bonds is 1. The van der Waals surface area contributed by atoms with Gasteiger partial charge in [-0.15, -0.1) is 0 Å². The average Bonchev–Trinajstić information content (AvgIpc) is 3.31. The molecule has 4 rings (SSSR count). The summed E-state index contributed by atoms with van der Waals surface area (Å²) in [5.74, 6) is -0.0868. The lowest BCUT2D eigenvalue weighted by atomic mass is 10.1. The van der Waals surface area contributed by atoms with Crippen LogP contribution in [0.5, 0.6) is 0 Å². The standard InChI is InChI=1S/C16H14BrN3O2/c17-13-9-18-8-11-2-1-10(7-12(11)13)14(21)20-6-5-19-15(22)16(20)3-4-16/h1-2,7-9H,3-6H2,(H,19,22). The summed E-state index contributed by atoms with van der Waals surface area (Å²) in [5, 5.41) is 4.79. The monoisotopic (exact) mass is 359 g/mol. The Labute approximate surface area is 135 Å². The minimum atomic E-state index is -0.597. The number of hydrogen-bond acceptors (Lipinski definition) is 3. The zero-order valence-corrected chi connectivity index (χ0v) is 13.4. The van der Waals surface area contributed by atoms with Gasteiger partial charge in [0, 0.05) is 40.9 Å². The van der Waals surface area contributed by atoms with Crippen LogP contribution in [0, 0.1) is 0 Å². The third-order valence-electron chi connectivity index (χ3n) is 4.49. The Morgan fingerprint density at radius 1 is 1.32 bits per heavy atom. The summed E-state index contributed by atoms with van der Waals surface area (Å²) in [6.07, 6.45) is 5.00. The van der Waals surface area contributed by atoms with E-state index in [1.165, 1.54) is 0 Å².